The number of anilines is 2. The van der Waals surface area contributed by atoms with Gasteiger partial charge in [-0.25, -0.2) is 0 Å². The minimum Gasteiger partial charge on any atom is -0.495 e. The normalized spacial score (nSPS) is 10.7. The monoisotopic (exact) mass is 330 g/mol. The first-order valence-electron chi connectivity index (χ1n) is 7.25. The van der Waals surface area contributed by atoms with Gasteiger partial charge in [0, 0.05) is 11.8 Å². The first kappa shape index (κ1) is 17.3. The molecule has 128 valence electrons. The smallest absolute Gasteiger partial charge is 0.203 e. The lowest BCUT2D eigenvalue weighted by atomic mass is 10.1. The van der Waals surface area contributed by atoms with Crippen molar-refractivity contribution in [3.63, 3.8) is 0 Å². The molecule has 2 rings (SSSR count). The van der Waals surface area contributed by atoms with Crippen LogP contribution in [0.1, 0.15) is 11.1 Å². The molecule has 6 nitrogen and oxygen atoms in total. The van der Waals surface area contributed by atoms with Crippen molar-refractivity contribution < 1.29 is 18.9 Å². The van der Waals surface area contributed by atoms with E-state index in [9.17, 15) is 0 Å². The molecule has 0 bridgehead atoms. The van der Waals surface area contributed by atoms with E-state index in [0.717, 1.165) is 11.1 Å². The second-order valence-electron chi connectivity index (χ2n) is 5.02. The average Bonchev–Trinajstić information content (AvgIpc) is 2.60. The Labute approximate surface area is 141 Å². The molecule has 4 N–H and O–H groups in total. The summed E-state index contributed by atoms with van der Waals surface area (Å²) >= 11 is 0. The summed E-state index contributed by atoms with van der Waals surface area (Å²) in [5.41, 5.74) is 14.7. The molecular weight excluding hydrogens is 308 g/mol. The Bertz CT molecular complexity index is 732. The second kappa shape index (κ2) is 7.50. The van der Waals surface area contributed by atoms with Gasteiger partial charge in [0.05, 0.1) is 34.1 Å². The number of benzene rings is 2. The van der Waals surface area contributed by atoms with Crippen molar-refractivity contribution in [2.24, 2.45) is 0 Å². The van der Waals surface area contributed by atoms with E-state index >= 15 is 0 Å². The average molecular weight is 330 g/mol. The van der Waals surface area contributed by atoms with Crippen molar-refractivity contribution >= 4 is 23.5 Å². The van der Waals surface area contributed by atoms with Gasteiger partial charge in [-0.3, -0.25) is 0 Å². The fraction of sp³-hybridized carbons (Fsp3) is 0.222. The standard InChI is InChI=1S/C18H22N2O4/c1-21-15-10-13(19)12(9-14(15)20)6-5-11-7-16(22-2)18(24-4)17(8-11)23-3/h5-10H,19-20H2,1-4H3/b6-5-. The summed E-state index contributed by atoms with van der Waals surface area (Å²) in [6.07, 6.45) is 3.76. The summed E-state index contributed by atoms with van der Waals surface area (Å²) in [5.74, 6) is 2.26. The largest absolute Gasteiger partial charge is 0.495 e. The van der Waals surface area contributed by atoms with Crippen molar-refractivity contribution in [1.82, 2.24) is 0 Å². The lowest BCUT2D eigenvalue weighted by Gasteiger charge is -2.13. The maximum absolute atomic E-state index is 6.03. The molecule has 0 aromatic heterocycles. The lowest BCUT2D eigenvalue weighted by Crippen LogP contribution is -1.97. The molecule has 0 atom stereocenters. The van der Waals surface area contributed by atoms with Gasteiger partial charge in [0.1, 0.15) is 5.75 Å². The summed E-state index contributed by atoms with van der Waals surface area (Å²) in [5, 5.41) is 0. The maximum Gasteiger partial charge on any atom is 0.203 e. The van der Waals surface area contributed by atoms with Gasteiger partial charge in [0.15, 0.2) is 11.5 Å². The minimum atomic E-state index is 0.524. The zero-order valence-electron chi connectivity index (χ0n) is 14.3. The molecule has 0 aliphatic carbocycles. The van der Waals surface area contributed by atoms with Crippen LogP contribution in [-0.4, -0.2) is 28.4 Å². The quantitative estimate of drug-likeness (QED) is 0.625. The number of nitrogen functional groups attached to an aromatic ring is 2. The highest BCUT2D eigenvalue weighted by molar-refractivity contribution is 5.80. The van der Waals surface area contributed by atoms with Crippen LogP contribution in [0.5, 0.6) is 23.0 Å². The van der Waals surface area contributed by atoms with E-state index in [1.165, 1.54) is 0 Å². The fourth-order valence-electron chi connectivity index (χ4n) is 2.33. The van der Waals surface area contributed by atoms with E-state index in [0.29, 0.717) is 34.4 Å². The summed E-state index contributed by atoms with van der Waals surface area (Å²) in [6.45, 7) is 0. The van der Waals surface area contributed by atoms with Crippen LogP contribution in [0.25, 0.3) is 12.2 Å². The van der Waals surface area contributed by atoms with Crippen LogP contribution in [0.2, 0.25) is 0 Å². The van der Waals surface area contributed by atoms with Crippen LogP contribution in [0, 0.1) is 0 Å². The third kappa shape index (κ3) is 3.48. The van der Waals surface area contributed by atoms with Crippen molar-refractivity contribution in [2.75, 3.05) is 39.9 Å². The third-order valence-corrected chi connectivity index (χ3v) is 3.58. The van der Waals surface area contributed by atoms with Gasteiger partial charge in [0.25, 0.3) is 0 Å². The Hall–Kier alpha value is -3.02. The lowest BCUT2D eigenvalue weighted by molar-refractivity contribution is 0.324. The molecule has 2 aromatic rings. The number of hydrogen-bond acceptors (Lipinski definition) is 6. The van der Waals surface area contributed by atoms with Crippen LogP contribution in [0.4, 0.5) is 11.4 Å². The molecule has 2 aromatic carbocycles. The van der Waals surface area contributed by atoms with Crippen LogP contribution >= 0.6 is 0 Å². The van der Waals surface area contributed by atoms with E-state index in [-0.39, 0.29) is 0 Å². The number of ether oxygens (including phenoxy) is 4. The Morgan fingerprint density at radius 3 is 1.75 bits per heavy atom. The van der Waals surface area contributed by atoms with Crippen LogP contribution in [0.15, 0.2) is 24.3 Å². The molecular formula is C18H22N2O4. The van der Waals surface area contributed by atoms with Gasteiger partial charge >= 0.3 is 0 Å². The van der Waals surface area contributed by atoms with Crippen LogP contribution < -0.4 is 30.4 Å². The zero-order chi connectivity index (χ0) is 17.7. The summed E-state index contributed by atoms with van der Waals surface area (Å²) in [4.78, 5) is 0. The number of rotatable bonds is 6. The Morgan fingerprint density at radius 2 is 1.25 bits per heavy atom. The Morgan fingerprint density at radius 1 is 0.667 bits per heavy atom. The van der Waals surface area contributed by atoms with Gasteiger partial charge in [0.2, 0.25) is 5.75 Å². The van der Waals surface area contributed by atoms with Crippen molar-refractivity contribution in [3.05, 3.63) is 35.4 Å². The van der Waals surface area contributed by atoms with E-state index in [4.69, 9.17) is 30.4 Å². The molecule has 24 heavy (non-hydrogen) atoms. The predicted octanol–water partition coefficient (Wildman–Crippen LogP) is 3.06. The van der Waals surface area contributed by atoms with Crippen molar-refractivity contribution in [3.8, 4) is 23.0 Å². The van der Waals surface area contributed by atoms with Crippen molar-refractivity contribution in [1.29, 1.82) is 0 Å². The SMILES string of the molecule is COc1cc(N)c(/C=C\c2cc(OC)c(OC)c(OC)c2)cc1N. The van der Waals surface area contributed by atoms with Crippen LogP contribution in [0.3, 0.4) is 0 Å². The first-order chi connectivity index (χ1) is 11.5. The molecule has 0 fully saturated rings. The molecule has 6 heteroatoms. The summed E-state index contributed by atoms with van der Waals surface area (Å²) in [7, 11) is 6.27. The van der Waals surface area contributed by atoms with Gasteiger partial charge in [-0.05, 0) is 29.3 Å². The first-order valence-corrected chi connectivity index (χ1v) is 7.25. The van der Waals surface area contributed by atoms with E-state index in [1.807, 2.05) is 24.3 Å². The zero-order valence-corrected chi connectivity index (χ0v) is 14.3. The van der Waals surface area contributed by atoms with Crippen molar-refractivity contribution in [2.45, 2.75) is 0 Å². The second-order valence-corrected chi connectivity index (χ2v) is 5.02. The molecule has 0 saturated heterocycles. The Balaban J connectivity index is 2.41. The highest BCUT2D eigenvalue weighted by atomic mass is 16.5. The topological polar surface area (TPSA) is 89.0 Å². The summed E-state index contributed by atoms with van der Waals surface area (Å²) in [6, 6.07) is 7.16. The summed E-state index contributed by atoms with van der Waals surface area (Å²) < 4.78 is 21.2. The molecule has 0 aliphatic rings. The van der Waals surface area contributed by atoms with Crippen LogP contribution in [-0.2, 0) is 0 Å². The molecule has 0 amide bonds. The molecule has 0 radical (unpaired) electrons. The maximum atomic E-state index is 6.03. The molecule has 0 aliphatic heterocycles. The highest BCUT2D eigenvalue weighted by Crippen LogP contribution is 2.38. The van der Waals surface area contributed by atoms with Gasteiger partial charge in [-0.15, -0.1) is 0 Å². The van der Waals surface area contributed by atoms with E-state index in [2.05, 4.69) is 0 Å². The van der Waals surface area contributed by atoms with Gasteiger partial charge in [-0.2, -0.15) is 0 Å². The number of hydrogen-bond donors (Lipinski definition) is 2. The highest BCUT2D eigenvalue weighted by Gasteiger charge is 2.12. The van der Waals surface area contributed by atoms with E-state index in [1.54, 1.807) is 40.6 Å². The molecule has 0 heterocycles. The third-order valence-electron chi connectivity index (χ3n) is 3.58. The number of nitrogens with two attached hydrogens (primary N) is 2. The predicted molar refractivity (Wildman–Crippen MR) is 96.8 cm³/mol. The number of methoxy groups -OCH3 is 4. The van der Waals surface area contributed by atoms with Gasteiger partial charge < -0.3 is 30.4 Å². The molecule has 0 spiro atoms. The van der Waals surface area contributed by atoms with E-state index < -0.39 is 0 Å². The molecule has 0 saturated carbocycles. The fourth-order valence-corrected chi connectivity index (χ4v) is 2.33. The minimum absolute atomic E-state index is 0.524. The van der Waals surface area contributed by atoms with Gasteiger partial charge in [-0.1, -0.05) is 12.2 Å². The Kier molecular flexibility index (Phi) is 5.42. The molecule has 0 unspecified atom stereocenters.